The van der Waals surface area contributed by atoms with Crippen LogP contribution in [-0.4, -0.2) is 33.6 Å². The number of hydrogen-bond acceptors (Lipinski definition) is 8. The largest absolute Gasteiger partial charge is 2.00 e. The molecule has 4 N–H and O–H groups in total. The van der Waals surface area contributed by atoms with Crippen molar-refractivity contribution >= 4 is 92.7 Å². The van der Waals surface area contributed by atoms with Crippen LogP contribution in [-0.2, 0) is 30.0 Å². The maximum Gasteiger partial charge on any atom is 2.00 e. The smallest absolute Gasteiger partial charge is 0.657 e. The van der Waals surface area contributed by atoms with Crippen molar-refractivity contribution in [2.24, 2.45) is 0 Å². The molecule has 0 unspecified atom stereocenters. The van der Waals surface area contributed by atoms with E-state index in [2.05, 4.69) is 21.3 Å². The van der Waals surface area contributed by atoms with Crippen LogP contribution in [0, 0.1) is 0 Å². The van der Waals surface area contributed by atoms with E-state index in [0.29, 0.717) is 112 Å². The van der Waals surface area contributed by atoms with Crippen molar-refractivity contribution in [1.29, 1.82) is 0 Å². The first-order valence-electron chi connectivity index (χ1n) is 26.5. The van der Waals surface area contributed by atoms with Crippen LogP contribution in [0.4, 0.5) is 22.7 Å². The summed E-state index contributed by atoms with van der Waals surface area (Å²) in [5, 5.41) is 12.7. The number of amides is 4. The zero-order chi connectivity index (χ0) is 55.0. The first-order valence-corrected chi connectivity index (χ1v) is 26.5. The predicted octanol–water partition coefficient (Wildman–Crippen LogP) is 13.7. The van der Waals surface area contributed by atoms with Crippen molar-refractivity contribution < 1.29 is 45.4 Å². The van der Waals surface area contributed by atoms with Crippen LogP contribution in [0.2, 0.25) is 0 Å². The Hall–Kier alpha value is -10.9. The molecule has 1 radical (unpaired) electrons. The van der Waals surface area contributed by atoms with Gasteiger partial charge in [-0.3, -0.25) is 19.2 Å². The molecule has 9 heterocycles. The predicted molar refractivity (Wildman–Crippen MR) is 318 cm³/mol. The third-order valence-electron chi connectivity index (χ3n) is 15.1. The summed E-state index contributed by atoms with van der Waals surface area (Å²) in [7, 11) is 0. The molecule has 10 aromatic rings. The first kappa shape index (κ1) is 50.4. The van der Waals surface area contributed by atoms with Gasteiger partial charge in [0, 0.05) is 67.3 Å². The van der Waals surface area contributed by atoms with Crippen molar-refractivity contribution in [3.05, 3.63) is 238 Å². The van der Waals surface area contributed by atoms with Crippen LogP contribution >= 0.6 is 0 Å². The summed E-state index contributed by atoms with van der Waals surface area (Å²) >= 11 is 0. The molecule has 14 nitrogen and oxygen atoms in total. The molecule has 7 aromatic carbocycles. The number of rotatable bonds is 0. The molecule has 3 aromatic heterocycles. The number of ether oxygens (including phenoxy) is 2. The summed E-state index contributed by atoms with van der Waals surface area (Å²) in [5.74, 6) is -1.44. The number of fused-ring (bicyclic) bond motifs is 6. The molecule has 6 aliphatic rings. The fourth-order valence-electron chi connectivity index (χ4n) is 11.2. The van der Waals surface area contributed by atoms with Gasteiger partial charge in [-0.15, -0.1) is 22.1 Å². The van der Waals surface area contributed by atoms with Crippen molar-refractivity contribution in [1.82, 2.24) is 19.9 Å². The molecule has 0 aliphatic carbocycles. The molecule has 0 saturated heterocycles. The minimum atomic E-state index is -0.495. The number of benzene rings is 7. The van der Waals surface area contributed by atoms with Crippen LogP contribution in [0.15, 0.2) is 182 Å². The van der Waals surface area contributed by atoms with Gasteiger partial charge in [-0.25, -0.2) is 9.97 Å². The Morgan fingerprint density at radius 2 is 0.627 bits per heavy atom. The summed E-state index contributed by atoms with van der Waals surface area (Å²) in [6, 6.07) is 54.7. The minimum Gasteiger partial charge on any atom is -0.657 e. The number of hydrogen-bond donors (Lipinski definition) is 4. The van der Waals surface area contributed by atoms with E-state index in [1.165, 1.54) is 0 Å². The molecular weight excluding hydrogens is 1080 g/mol. The van der Waals surface area contributed by atoms with Crippen molar-refractivity contribution in [3.8, 4) is 56.0 Å². The molecule has 0 saturated carbocycles. The van der Waals surface area contributed by atoms with E-state index in [9.17, 15) is 19.2 Å². The van der Waals surface area contributed by atoms with E-state index in [-0.39, 0.29) is 63.7 Å². The molecule has 15 heteroatoms. The van der Waals surface area contributed by atoms with Gasteiger partial charge < -0.3 is 40.7 Å². The monoisotopic (exact) mass is 1130 g/mol. The van der Waals surface area contributed by atoms with Crippen LogP contribution in [0.5, 0.6) is 11.5 Å². The van der Waals surface area contributed by atoms with E-state index in [0.717, 1.165) is 11.1 Å². The molecular formula is C68H42CoN8O6. The average molecular weight is 1130 g/mol. The van der Waals surface area contributed by atoms with E-state index < -0.39 is 23.6 Å². The van der Waals surface area contributed by atoms with Crippen LogP contribution in [0.25, 0.3) is 90.9 Å². The van der Waals surface area contributed by atoms with E-state index in [1.54, 1.807) is 36.4 Å². The molecule has 4 amide bonds. The normalized spacial score (nSPS) is 13.7. The van der Waals surface area contributed by atoms with Crippen LogP contribution in [0.1, 0.15) is 75.3 Å². The third-order valence-corrected chi connectivity index (χ3v) is 15.1. The SMILES string of the molecule is O=C1Nc2ccccc2-c2c3nc(c4c5ccc([n-]5)c5c6nc(c(c7ccc2[n-]7)-c2ccccc2NC(=O)c2cc(cc1c2)OCc1cccc(c1)COc1cc(cc(c1)C(=O)Nc1ccccc1-5)C(=O)Nc1ccccc1-4)C=C6)C=C3.[Co+2]. The number of anilines is 4. The second kappa shape index (κ2) is 20.3. The summed E-state index contributed by atoms with van der Waals surface area (Å²) in [4.78, 5) is 81.4. The number of nitrogens with one attached hydrogen (secondary N) is 4. The zero-order valence-electron chi connectivity index (χ0n) is 43.6. The van der Waals surface area contributed by atoms with Crippen molar-refractivity contribution in [3.63, 3.8) is 0 Å². The Morgan fingerprint density at radius 1 is 0.337 bits per heavy atom. The standard InChI is InChI=1S/C68H44N8O6.Co/c77-65-39-29-40-32-43(31-39)81-35-37-10-9-11-38(28-37)36-82-44-33-41-30-42(34-44)68(80)76-52-19-8-4-15-48(52)64-56-23-22-55(70-56)63(47-14-3-7-18-51(47)75-67(41)79)58-25-24-57(71-58)61(45-12-1-5-16-49(45)73-65)53-20-21-54(69-53)62(59-26-27-60(64)72-59)46-13-2-6-17-50(46)74-66(40)78;/h1-34H,35-36H2,(H6,69,70,71,72,73,74,75,76,77,78,79,80);/q;+2/p-2. The maximum atomic E-state index is 14.9. The molecule has 20 bridgehead atoms. The number of aromatic nitrogens is 4. The molecule has 0 fully saturated rings. The van der Waals surface area contributed by atoms with Gasteiger partial charge in [-0.1, -0.05) is 115 Å². The summed E-state index contributed by atoms with van der Waals surface area (Å²) in [6.07, 6.45) is 7.68. The maximum absolute atomic E-state index is 14.9. The third kappa shape index (κ3) is 9.11. The Kier molecular flexibility index (Phi) is 12.3. The quantitative estimate of drug-likeness (QED) is 0.114. The van der Waals surface area contributed by atoms with Gasteiger partial charge in [0.05, 0.1) is 22.8 Å². The Morgan fingerprint density at radius 3 is 0.928 bits per heavy atom. The second-order valence-corrected chi connectivity index (χ2v) is 20.3. The van der Waals surface area contributed by atoms with Gasteiger partial charge in [0.15, 0.2) is 0 Å². The molecule has 83 heavy (non-hydrogen) atoms. The topological polar surface area (TPSA) is 189 Å². The molecule has 399 valence electrons. The Bertz CT molecular complexity index is 4170. The zero-order valence-corrected chi connectivity index (χ0v) is 44.7. The minimum absolute atomic E-state index is 0. The summed E-state index contributed by atoms with van der Waals surface area (Å²) in [6.45, 7) is 0.117. The number of nitrogens with zero attached hydrogens (tertiary/aromatic N) is 4. The fourth-order valence-corrected chi connectivity index (χ4v) is 11.2. The second-order valence-electron chi connectivity index (χ2n) is 20.3. The number of para-hydroxylation sites is 4. The average Bonchev–Trinajstić information content (AvgIpc) is 3.11. The van der Waals surface area contributed by atoms with Gasteiger partial charge >= 0.3 is 16.8 Å². The Balaban J connectivity index is 0.00000614. The van der Waals surface area contributed by atoms with Gasteiger partial charge in [-0.05, 0) is 124 Å². The van der Waals surface area contributed by atoms with Gasteiger partial charge in [-0.2, -0.15) is 0 Å². The number of carbonyl (C=O) groups is 4. The van der Waals surface area contributed by atoms with Gasteiger partial charge in [0.1, 0.15) is 24.7 Å². The van der Waals surface area contributed by atoms with Crippen LogP contribution in [0.3, 0.4) is 0 Å². The first-order chi connectivity index (χ1) is 40.2. The number of carbonyl (C=O) groups excluding carboxylic acids is 4. The van der Waals surface area contributed by atoms with Gasteiger partial charge in [0.2, 0.25) is 0 Å². The molecule has 0 atom stereocenters. The van der Waals surface area contributed by atoms with Crippen LogP contribution < -0.4 is 40.7 Å². The van der Waals surface area contributed by atoms with E-state index >= 15 is 0 Å². The van der Waals surface area contributed by atoms with E-state index in [1.807, 2.05) is 170 Å². The van der Waals surface area contributed by atoms with Crippen molar-refractivity contribution in [2.75, 3.05) is 21.3 Å². The summed E-state index contributed by atoms with van der Waals surface area (Å²) in [5.41, 5.74) is 13.1. The molecule has 6 aliphatic heterocycles. The van der Waals surface area contributed by atoms with E-state index in [4.69, 9.17) is 29.4 Å². The summed E-state index contributed by atoms with van der Waals surface area (Å²) < 4.78 is 13.0. The van der Waals surface area contributed by atoms with Crippen molar-refractivity contribution in [2.45, 2.75) is 13.2 Å². The molecule has 16 rings (SSSR count). The fraction of sp³-hybridized carbons (Fsp3) is 0.0294. The van der Waals surface area contributed by atoms with Gasteiger partial charge in [0.25, 0.3) is 23.6 Å². The Labute approximate surface area is 484 Å². The molecule has 0 spiro atoms.